The molecule has 0 aliphatic heterocycles. The van der Waals surface area contributed by atoms with Crippen LogP contribution in [-0.4, -0.2) is 51.5 Å². The number of nitrogens with one attached hydrogen (secondary N) is 1. The highest BCUT2D eigenvalue weighted by atomic mass is 32.2. The first kappa shape index (κ1) is 21.5. The fraction of sp³-hybridized carbons (Fsp3) is 0.316. The van der Waals surface area contributed by atoms with E-state index in [9.17, 15) is 19.4 Å². The van der Waals surface area contributed by atoms with E-state index in [0.29, 0.717) is 11.3 Å². The third-order valence-corrected chi connectivity index (χ3v) is 5.59. The number of hydrogen-bond donors (Lipinski definition) is 3. The molecule has 2 rings (SSSR count). The van der Waals surface area contributed by atoms with Gasteiger partial charge in [0.1, 0.15) is 0 Å². The first-order chi connectivity index (χ1) is 12.9. The molecule has 0 saturated heterocycles. The molecule has 0 radical (unpaired) electrons. The number of rotatable bonds is 9. The van der Waals surface area contributed by atoms with Gasteiger partial charge < -0.3 is 19.9 Å². The van der Waals surface area contributed by atoms with E-state index in [1.807, 2.05) is 49.4 Å². The molecule has 0 spiro atoms. The summed E-state index contributed by atoms with van der Waals surface area (Å²) in [6.07, 6.45) is 0.418. The first-order valence-corrected chi connectivity index (χ1v) is 9.86. The predicted octanol–water partition coefficient (Wildman–Crippen LogP) is 1.08. The normalized spacial score (nSPS) is 13.3. The molecule has 0 aliphatic rings. The quantitative estimate of drug-likeness (QED) is 0.441. The molecule has 0 heterocycles. The molecule has 2 aromatic rings. The zero-order chi connectivity index (χ0) is 19.8. The molecule has 27 heavy (non-hydrogen) atoms. The van der Waals surface area contributed by atoms with Crippen LogP contribution in [0.5, 0.6) is 0 Å². The first-order valence-electron chi connectivity index (χ1n) is 8.76. The van der Waals surface area contributed by atoms with Gasteiger partial charge in [-0.05, 0) is 31.0 Å². The minimum Gasteiger partial charge on any atom is -0.593 e. The zero-order valence-corrected chi connectivity index (χ0v) is 16.4. The summed E-state index contributed by atoms with van der Waals surface area (Å²) >= 11 is -1.35. The minimum atomic E-state index is -1.66. The monoisotopic (exact) mass is 388 g/mol. The van der Waals surface area contributed by atoms with Crippen molar-refractivity contribution >= 4 is 24.4 Å². The Hall–Kier alpha value is -1.84. The lowest BCUT2D eigenvalue weighted by atomic mass is 9.76. The van der Waals surface area contributed by atoms with Crippen molar-refractivity contribution in [2.75, 3.05) is 13.6 Å². The summed E-state index contributed by atoms with van der Waals surface area (Å²) in [6, 6.07) is 16.7. The Balaban J connectivity index is 1.85. The van der Waals surface area contributed by atoms with Crippen molar-refractivity contribution in [3.05, 3.63) is 65.7 Å². The van der Waals surface area contributed by atoms with E-state index in [-0.39, 0.29) is 18.9 Å². The molecule has 6 nitrogen and oxygen atoms in total. The fourth-order valence-electron chi connectivity index (χ4n) is 2.55. The van der Waals surface area contributed by atoms with Gasteiger partial charge in [-0.15, -0.1) is 4.31 Å². The molecular formula is C19H25BN2O4S. The summed E-state index contributed by atoms with van der Waals surface area (Å²) in [7, 11) is 0.0209. The summed E-state index contributed by atoms with van der Waals surface area (Å²) in [5, 5.41) is 21.8. The molecule has 2 aromatic carbocycles. The summed E-state index contributed by atoms with van der Waals surface area (Å²) in [6.45, 7) is 2.26. The smallest absolute Gasteiger partial charge is 0.475 e. The number of carbonyl (C=O) groups excluding carboxylic acids is 1. The molecule has 8 heteroatoms. The Morgan fingerprint density at radius 1 is 1.19 bits per heavy atom. The lowest BCUT2D eigenvalue weighted by Crippen LogP contribution is -2.48. The van der Waals surface area contributed by atoms with E-state index in [2.05, 4.69) is 5.32 Å². The average Bonchev–Trinajstić information content (AvgIpc) is 2.67. The van der Waals surface area contributed by atoms with Crippen molar-refractivity contribution < 1.29 is 19.4 Å². The third-order valence-electron chi connectivity index (χ3n) is 4.16. The number of benzene rings is 2. The lowest BCUT2D eigenvalue weighted by molar-refractivity contribution is -0.121. The van der Waals surface area contributed by atoms with Crippen molar-refractivity contribution in [1.82, 2.24) is 9.62 Å². The average molecular weight is 388 g/mol. The van der Waals surface area contributed by atoms with E-state index >= 15 is 0 Å². The molecule has 0 aliphatic carbocycles. The second-order valence-corrected chi connectivity index (χ2v) is 8.03. The zero-order valence-electron chi connectivity index (χ0n) is 15.5. The molecule has 144 valence electrons. The van der Waals surface area contributed by atoms with E-state index in [4.69, 9.17) is 0 Å². The SMILES string of the molecule is Cc1ccc(C[C@H](NC(=O)CCN(C)[S+]([O-])c2ccccc2)B(O)O)cc1. The van der Waals surface area contributed by atoms with Gasteiger partial charge in [0.15, 0.2) is 4.90 Å². The summed E-state index contributed by atoms with van der Waals surface area (Å²) in [5.74, 6) is -1.12. The third kappa shape index (κ3) is 7.01. The molecule has 0 fully saturated rings. The Morgan fingerprint density at radius 2 is 1.81 bits per heavy atom. The predicted molar refractivity (Wildman–Crippen MR) is 107 cm³/mol. The largest absolute Gasteiger partial charge is 0.593 e. The number of carbonyl (C=O) groups is 1. The highest BCUT2D eigenvalue weighted by Gasteiger charge is 2.26. The number of aryl methyl sites for hydroxylation is 1. The van der Waals surface area contributed by atoms with Crippen LogP contribution < -0.4 is 5.32 Å². The van der Waals surface area contributed by atoms with Crippen molar-refractivity contribution in [3.63, 3.8) is 0 Å². The standard InChI is InChI=1S/C19H25BN2O4S/c1-15-8-10-16(11-9-15)14-18(20(24)25)21-19(23)12-13-22(2)27(26)17-6-4-3-5-7-17/h3-11,18,24-25H,12-14H2,1-2H3,(H,21,23)/t18-,27?/m0/s1. The Labute approximate surface area is 163 Å². The summed E-state index contributed by atoms with van der Waals surface area (Å²) in [4.78, 5) is 12.9. The van der Waals surface area contributed by atoms with Crippen LogP contribution in [0.3, 0.4) is 0 Å². The van der Waals surface area contributed by atoms with Gasteiger partial charge >= 0.3 is 7.12 Å². The van der Waals surface area contributed by atoms with Crippen LogP contribution in [0.4, 0.5) is 0 Å². The minimum absolute atomic E-state index is 0.103. The molecule has 0 bridgehead atoms. The highest BCUT2D eigenvalue weighted by molar-refractivity contribution is 7.89. The maximum Gasteiger partial charge on any atom is 0.475 e. The topological polar surface area (TPSA) is 95.9 Å². The molecular weight excluding hydrogens is 363 g/mol. The van der Waals surface area contributed by atoms with Crippen LogP contribution in [0.15, 0.2) is 59.5 Å². The van der Waals surface area contributed by atoms with Gasteiger partial charge in [0, 0.05) is 13.5 Å². The molecule has 3 N–H and O–H groups in total. The lowest BCUT2D eigenvalue weighted by Gasteiger charge is -2.21. The van der Waals surface area contributed by atoms with Gasteiger partial charge in [-0.1, -0.05) is 48.0 Å². The van der Waals surface area contributed by atoms with Crippen LogP contribution in [0.25, 0.3) is 0 Å². The Morgan fingerprint density at radius 3 is 2.41 bits per heavy atom. The summed E-state index contributed by atoms with van der Waals surface area (Å²) in [5.41, 5.74) is 2.01. The second kappa shape index (κ2) is 10.5. The van der Waals surface area contributed by atoms with Crippen LogP contribution in [-0.2, 0) is 22.6 Å². The van der Waals surface area contributed by atoms with Crippen molar-refractivity contribution in [2.45, 2.75) is 30.6 Å². The number of hydrogen-bond acceptors (Lipinski definition) is 5. The maximum atomic E-state index is 12.4. The highest BCUT2D eigenvalue weighted by Crippen LogP contribution is 2.13. The molecule has 1 amide bonds. The van der Waals surface area contributed by atoms with Crippen LogP contribution in [0.1, 0.15) is 17.5 Å². The van der Waals surface area contributed by atoms with Gasteiger partial charge in [0.2, 0.25) is 5.91 Å². The molecule has 0 aromatic heterocycles. The Kier molecular flexibility index (Phi) is 8.34. The van der Waals surface area contributed by atoms with Crippen molar-refractivity contribution in [1.29, 1.82) is 0 Å². The second-order valence-electron chi connectivity index (χ2n) is 6.44. The molecule has 0 saturated carbocycles. The van der Waals surface area contributed by atoms with E-state index in [1.54, 1.807) is 23.5 Å². The van der Waals surface area contributed by atoms with Gasteiger partial charge in [-0.3, -0.25) is 4.79 Å². The number of nitrogens with zero attached hydrogens (tertiary/aromatic N) is 1. The van der Waals surface area contributed by atoms with Crippen molar-refractivity contribution in [2.24, 2.45) is 0 Å². The molecule has 2 atom stereocenters. The van der Waals surface area contributed by atoms with Gasteiger partial charge in [-0.2, -0.15) is 0 Å². The van der Waals surface area contributed by atoms with Gasteiger partial charge in [0.05, 0.1) is 23.8 Å². The van der Waals surface area contributed by atoms with Crippen LogP contribution in [0.2, 0.25) is 0 Å². The van der Waals surface area contributed by atoms with Gasteiger partial charge in [-0.25, -0.2) is 0 Å². The molecule has 1 unspecified atom stereocenters. The van der Waals surface area contributed by atoms with E-state index in [0.717, 1.165) is 11.1 Å². The number of amides is 1. The van der Waals surface area contributed by atoms with E-state index < -0.39 is 24.4 Å². The Bertz CT molecular complexity index is 715. The summed E-state index contributed by atoms with van der Waals surface area (Å²) < 4.78 is 14.0. The maximum absolute atomic E-state index is 12.4. The van der Waals surface area contributed by atoms with Crippen LogP contribution in [0, 0.1) is 6.92 Å². The fourth-order valence-corrected chi connectivity index (χ4v) is 3.55. The van der Waals surface area contributed by atoms with Gasteiger partial charge in [0.25, 0.3) is 0 Å². The van der Waals surface area contributed by atoms with Crippen LogP contribution >= 0.6 is 0 Å². The van der Waals surface area contributed by atoms with Crippen molar-refractivity contribution in [3.8, 4) is 0 Å². The van der Waals surface area contributed by atoms with E-state index in [1.165, 1.54) is 0 Å².